The molecule has 0 aliphatic carbocycles. The van der Waals surface area contributed by atoms with Gasteiger partial charge in [-0.05, 0) is 0 Å². The maximum Gasteiger partial charge on any atom is 2.00 e. The van der Waals surface area contributed by atoms with Gasteiger partial charge in [0.2, 0.25) is 0 Å². The van der Waals surface area contributed by atoms with Crippen molar-refractivity contribution in [1.82, 2.24) is 0 Å². The summed E-state index contributed by atoms with van der Waals surface area (Å²) in [7, 11) is -3.63. The van der Waals surface area contributed by atoms with E-state index in [1.54, 1.807) is 0 Å². The van der Waals surface area contributed by atoms with Crippen LogP contribution >= 0.6 is 0 Å². The van der Waals surface area contributed by atoms with Crippen molar-refractivity contribution in [3.8, 4) is 0 Å². The molecule has 0 unspecified atom stereocenters. The van der Waals surface area contributed by atoms with E-state index >= 15 is 0 Å². The third-order valence-electron chi connectivity index (χ3n) is 0. The van der Waals surface area contributed by atoms with E-state index in [-0.39, 0.29) is 41.9 Å². The summed E-state index contributed by atoms with van der Waals surface area (Å²) in [5, 5.41) is 0. The number of rotatable bonds is 0. The second-order valence-electron chi connectivity index (χ2n) is 0.250. The van der Waals surface area contributed by atoms with Crippen LogP contribution in [0.5, 0.6) is 0 Å². The monoisotopic (exact) mass is 108 g/mol. The Labute approximate surface area is 65.0 Å². The summed E-state index contributed by atoms with van der Waals surface area (Å²) < 4.78 is 8.52. The molecule has 0 aromatic carbocycles. The second kappa shape index (κ2) is 9.36. The maximum atomic E-state index is 8.52. The van der Waals surface area contributed by atoms with Gasteiger partial charge in [0, 0.05) is 9.17 Å². The molecule has 0 fully saturated rings. The molecule has 3 nitrogen and oxygen atoms in total. The third kappa shape index (κ3) is 82.1. The zero-order chi connectivity index (χ0) is 3.58. The standard InChI is InChI=1S/Li.Mg.O3Si.H/c;;1-4(2)3;/q;+2;-2;. The van der Waals surface area contributed by atoms with Gasteiger partial charge in [0.05, 0.1) is 0 Å². The first-order chi connectivity index (χ1) is 1.73. The molecule has 0 atom stereocenters. The smallest absolute Gasteiger partial charge is 2.00 e. The largest absolute Gasteiger partial charge is 2.00 e. The predicted molar refractivity (Wildman–Crippen MR) is 19.3 cm³/mol. The van der Waals surface area contributed by atoms with Crippen molar-refractivity contribution >= 4 is 51.1 Å². The van der Waals surface area contributed by atoms with Crippen LogP contribution in [-0.4, -0.2) is 51.1 Å². The summed E-state index contributed by atoms with van der Waals surface area (Å²) >= 11 is 0. The van der Waals surface area contributed by atoms with Gasteiger partial charge in [-0.15, -0.1) is 0 Å². The molecule has 0 aliphatic rings. The van der Waals surface area contributed by atoms with Gasteiger partial charge in [0.25, 0.3) is 0 Å². The molecule has 0 rings (SSSR count). The Morgan fingerprint density at radius 3 is 1.33 bits per heavy atom. The average Bonchev–Trinajstić information content (AvgIpc) is 0.811. The Bertz CT molecular complexity index is 33.8. The molecule has 26 valence electrons. The predicted octanol–water partition coefficient (Wildman–Crippen LogP) is -3.91. The van der Waals surface area contributed by atoms with Gasteiger partial charge >= 0.3 is 41.9 Å². The van der Waals surface area contributed by atoms with Gasteiger partial charge in [-0.2, -0.15) is 0 Å². The van der Waals surface area contributed by atoms with E-state index in [1.165, 1.54) is 0 Å². The Balaban J connectivity index is -0.0000000450. The van der Waals surface area contributed by atoms with Gasteiger partial charge in [0.15, 0.2) is 0 Å². The molecular formula is HLiMgO3Si. The van der Waals surface area contributed by atoms with Crippen molar-refractivity contribution in [2.24, 2.45) is 0 Å². The number of hydrogen-bond acceptors (Lipinski definition) is 3. The Kier molecular flexibility index (Phi) is 24.6. The summed E-state index contributed by atoms with van der Waals surface area (Å²) in [6.07, 6.45) is 0. The molecule has 0 N–H and O–H groups in total. The van der Waals surface area contributed by atoms with Crippen LogP contribution in [0.1, 0.15) is 0 Å². The van der Waals surface area contributed by atoms with Crippen LogP contribution in [0, 0.1) is 0 Å². The fourth-order valence-corrected chi connectivity index (χ4v) is 0. The van der Waals surface area contributed by atoms with Gasteiger partial charge in [-0.25, -0.2) is 0 Å². The molecule has 0 saturated heterocycles. The first-order valence-electron chi connectivity index (χ1n) is 0.612. The summed E-state index contributed by atoms with van der Waals surface area (Å²) in [4.78, 5) is 17.0. The maximum absolute atomic E-state index is 8.52. The van der Waals surface area contributed by atoms with Crippen molar-refractivity contribution in [1.29, 1.82) is 0 Å². The molecule has 0 heterocycles. The second-order valence-corrected chi connectivity index (χ2v) is 0.750. The Morgan fingerprint density at radius 1 is 1.33 bits per heavy atom. The van der Waals surface area contributed by atoms with Gasteiger partial charge in [-0.1, -0.05) is 0 Å². The van der Waals surface area contributed by atoms with E-state index in [0.717, 1.165) is 0 Å². The van der Waals surface area contributed by atoms with Crippen LogP contribution in [0.15, 0.2) is 0 Å². The molecule has 0 aromatic rings. The van der Waals surface area contributed by atoms with Crippen molar-refractivity contribution in [2.75, 3.05) is 0 Å². The minimum atomic E-state index is -3.63. The minimum Gasteiger partial charge on any atom is 2.00 e. The molecule has 6 heteroatoms. The van der Waals surface area contributed by atoms with Crippen molar-refractivity contribution in [3.05, 3.63) is 0 Å². The van der Waals surface area contributed by atoms with Crippen LogP contribution in [0.2, 0.25) is 0 Å². The van der Waals surface area contributed by atoms with Crippen molar-refractivity contribution < 1.29 is 14.1 Å². The van der Waals surface area contributed by atoms with E-state index in [9.17, 15) is 0 Å². The average molecular weight is 108 g/mol. The quantitative estimate of drug-likeness (QED) is 0.298. The van der Waals surface area contributed by atoms with E-state index in [2.05, 4.69) is 0 Å². The van der Waals surface area contributed by atoms with Gasteiger partial charge in [-0.3, -0.25) is 0 Å². The summed E-state index contributed by atoms with van der Waals surface area (Å²) in [5.74, 6) is 0. The minimum absolute atomic E-state index is 0. The summed E-state index contributed by atoms with van der Waals surface area (Å²) in [6, 6.07) is 0. The molecule has 0 bridgehead atoms. The van der Waals surface area contributed by atoms with Gasteiger partial charge < -0.3 is 14.1 Å². The van der Waals surface area contributed by atoms with E-state index in [0.29, 0.717) is 0 Å². The normalized spacial score (nSPS) is 4.00. The van der Waals surface area contributed by atoms with Crippen LogP contribution in [-0.2, 0) is 4.46 Å². The SMILES string of the molecule is O=[Si]([O-])[O-].[LiH].[Mg+2]. The van der Waals surface area contributed by atoms with Crippen LogP contribution in [0.3, 0.4) is 0 Å². The molecule has 0 radical (unpaired) electrons. The summed E-state index contributed by atoms with van der Waals surface area (Å²) in [6.45, 7) is 0. The van der Waals surface area contributed by atoms with Crippen LogP contribution < -0.4 is 9.59 Å². The molecule has 0 amide bonds. The Hall–Kier alpha value is 0.981. The first-order valence-corrected chi connectivity index (χ1v) is 1.84. The first kappa shape index (κ1) is 15.8. The summed E-state index contributed by atoms with van der Waals surface area (Å²) in [5.41, 5.74) is 0. The van der Waals surface area contributed by atoms with E-state index in [4.69, 9.17) is 14.1 Å². The molecule has 0 saturated carbocycles. The Morgan fingerprint density at radius 2 is 1.33 bits per heavy atom. The van der Waals surface area contributed by atoms with Crippen molar-refractivity contribution in [3.63, 3.8) is 0 Å². The zero-order valence-electron chi connectivity index (χ0n) is 2.43. The zero-order valence-corrected chi connectivity index (χ0v) is 4.85. The van der Waals surface area contributed by atoms with E-state index < -0.39 is 9.17 Å². The van der Waals surface area contributed by atoms with Crippen molar-refractivity contribution in [2.45, 2.75) is 0 Å². The molecule has 0 spiro atoms. The molecule has 6 heavy (non-hydrogen) atoms. The molecular weight excluding hydrogens is 107 g/mol. The van der Waals surface area contributed by atoms with Crippen LogP contribution in [0.25, 0.3) is 0 Å². The van der Waals surface area contributed by atoms with Gasteiger partial charge in [0.1, 0.15) is 0 Å². The van der Waals surface area contributed by atoms with E-state index in [1.807, 2.05) is 0 Å². The van der Waals surface area contributed by atoms with Crippen LogP contribution in [0.4, 0.5) is 0 Å². The fourth-order valence-electron chi connectivity index (χ4n) is 0. The fraction of sp³-hybridized carbons (Fsp3) is 0. The number of hydrogen-bond donors (Lipinski definition) is 0. The topological polar surface area (TPSA) is 63.2 Å². The molecule has 0 aliphatic heterocycles. The molecule has 0 aromatic heterocycles. The third-order valence-corrected chi connectivity index (χ3v) is 0.